The van der Waals surface area contributed by atoms with Crippen molar-refractivity contribution in [3.8, 4) is 29.1 Å². The number of hydrogen-bond donors (Lipinski definition) is 1. The van der Waals surface area contributed by atoms with E-state index in [0.29, 0.717) is 38.6 Å². The van der Waals surface area contributed by atoms with Gasteiger partial charge in [0.1, 0.15) is 29.7 Å². The number of rotatable bonds is 4. The largest absolute Gasteiger partial charge is 0.488 e. The molecule has 9 heteroatoms. The molecule has 3 aromatic rings. The molecule has 6 nitrogen and oxygen atoms in total. The van der Waals surface area contributed by atoms with Crippen LogP contribution in [0, 0.1) is 11.3 Å². The fourth-order valence-corrected chi connectivity index (χ4v) is 4.77. The zero-order valence-corrected chi connectivity index (χ0v) is 20.0. The van der Waals surface area contributed by atoms with Gasteiger partial charge in [-0.1, -0.05) is 35.3 Å². The van der Waals surface area contributed by atoms with Gasteiger partial charge in [0.2, 0.25) is 12.7 Å². The van der Waals surface area contributed by atoms with E-state index >= 15 is 0 Å². The molecule has 0 spiro atoms. The highest BCUT2D eigenvalue weighted by Gasteiger charge is 2.33. The van der Waals surface area contributed by atoms with E-state index < -0.39 is 5.92 Å². The Bertz CT molecular complexity index is 1350. The van der Waals surface area contributed by atoms with Crippen molar-refractivity contribution in [2.24, 2.45) is 5.73 Å². The molecule has 166 valence electrons. The fourth-order valence-electron chi connectivity index (χ4n) is 3.80. The first-order chi connectivity index (χ1) is 15.9. The van der Waals surface area contributed by atoms with Crippen LogP contribution in [0.5, 0.6) is 23.0 Å². The highest BCUT2D eigenvalue weighted by Crippen LogP contribution is 2.48. The van der Waals surface area contributed by atoms with Gasteiger partial charge < -0.3 is 24.7 Å². The summed E-state index contributed by atoms with van der Waals surface area (Å²) in [5, 5.41) is 10.9. The summed E-state index contributed by atoms with van der Waals surface area (Å²) in [5.41, 5.74) is 8.81. The molecule has 5 rings (SSSR count). The third-order valence-corrected chi connectivity index (χ3v) is 6.60. The number of fused-ring (bicyclic) bond motifs is 2. The fraction of sp³-hybridized carbons (Fsp3) is 0.125. The Kier molecular flexibility index (Phi) is 5.75. The van der Waals surface area contributed by atoms with E-state index in [1.165, 1.54) is 0 Å². The standard InChI is InChI=1S/C24H15BrCl2N2O4/c25-17-5-12(2-4-19(17)30-10-13-1-3-14(26)6-18(13)27)23-15-7-21-22(32-11-31-21)8-20(15)33-24(29)16(23)9-28/h1-8,23H,10-11,29H2/t23-/m0/s1. The summed E-state index contributed by atoms with van der Waals surface area (Å²) in [7, 11) is 0. The van der Waals surface area contributed by atoms with E-state index in [-0.39, 0.29) is 19.3 Å². The molecule has 0 saturated heterocycles. The van der Waals surface area contributed by atoms with E-state index in [1.807, 2.05) is 30.3 Å². The van der Waals surface area contributed by atoms with Crippen molar-refractivity contribution in [1.29, 1.82) is 5.26 Å². The normalized spacial score (nSPS) is 16.1. The van der Waals surface area contributed by atoms with Gasteiger partial charge in [-0.2, -0.15) is 5.26 Å². The van der Waals surface area contributed by atoms with E-state index in [0.717, 1.165) is 21.2 Å². The second-order valence-corrected chi connectivity index (χ2v) is 9.08. The highest BCUT2D eigenvalue weighted by molar-refractivity contribution is 9.10. The molecular weight excluding hydrogens is 531 g/mol. The van der Waals surface area contributed by atoms with Gasteiger partial charge in [0, 0.05) is 27.2 Å². The van der Waals surface area contributed by atoms with Gasteiger partial charge in [-0.25, -0.2) is 0 Å². The van der Waals surface area contributed by atoms with E-state index in [9.17, 15) is 5.26 Å². The van der Waals surface area contributed by atoms with E-state index in [4.69, 9.17) is 47.9 Å². The first-order valence-corrected chi connectivity index (χ1v) is 11.4. The maximum Gasteiger partial charge on any atom is 0.231 e. The van der Waals surface area contributed by atoms with Crippen molar-refractivity contribution in [1.82, 2.24) is 0 Å². The average Bonchev–Trinajstić information content (AvgIpc) is 3.24. The Balaban J connectivity index is 1.48. The summed E-state index contributed by atoms with van der Waals surface area (Å²) >= 11 is 15.8. The van der Waals surface area contributed by atoms with E-state index in [1.54, 1.807) is 18.2 Å². The highest BCUT2D eigenvalue weighted by atomic mass is 79.9. The van der Waals surface area contributed by atoms with Crippen molar-refractivity contribution in [3.05, 3.63) is 91.2 Å². The molecule has 0 bridgehead atoms. The van der Waals surface area contributed by atoms with Gasteiger partial charge in [0.25, 0.3) is 0 Å². The maximum atomic E-state index is 9.81. The molecule has 0 amide bonds. The van der Waals surface area contributed by atoms with Crippen LogP contribution in [0.1, 0.15) is 22.6 Å². The molecule has 2 heterocycles. The lowest BCUT2D eigenvalue weighted by Crippen LogP contribution is -2.21. The minimum atomic E-state index is -0.440. The molecule has 2 aliphatic rings. The number of benzene rings is 3. The molecule has 0 saturated carbocycles. The molecule has 0 aliphatic carbocycles. The lowest BCUT2D eigenvalue weighted by atomic mass is 9.83. The summed E-state index contributed by atoms with van der Waals surface area (Å²) < 4.78 is 23.3. The topological polar surface area (TPSA) is 86.7 Å². The monoisotopic (exact) mass is 544 g/mol. The summed E-state index contributed by atoms with van der Waals surface area (Å²) in [6.07, 6.45) is 0. The van der Waals surface area contributed by atoms with Crippen LogP contribution in [0.25, 0.3) is 0 Å². The van der Waals surface area contributed by atoms with Gasteiger partial charge >= 0.3 is 0 Å². The third kappa shape index (κ3) is 4.06. The Morgan fingerprint density at radius 1 is 1.06 bits per heavy atom. The summed E-state index contributed by atoms with van der Waals surface area (Å²) in [6, 6.07) is 16.6. The quantitative estimate of drug-likeness (QED) is 0.415. The summed E-state index contributed by atoms with van der Waals surface area (Å²) in [6.45, 7) is 0.403. The number of allylic oxidation sites excluding steroid dienone is 1. The third-order valence-electron chi connectivity index (χ3n) is 5.40. The van der Waals surface area contributed by atoms with Crippen LogP contribution in [-0.2, 0) is 6.61 Å². The number of nitrogens with zero attached hydrogens (tertiary/aromatic N) is 1. The maximum absolute atomic E-state index is 9.81. The second kappa shape index (κ2) is 8.71. The molecule has 3 aromatic carbocycles. The van der Waals surface area contributed by atoms with Crippen LogP contribution >= 0.6 is 39.1 Å². The Labute approximate surface area is 208 Å². The number of halogens is 3. The number of nitriles is 1. The van der Waals surface area contributed by atoms with Gasteiger partial charge in [0.15, 0.2) is 11.5 Å². The molecule has 33 heavy (non-hydrogen) atoms. The Morgan fingerprint density at radius 3 is 2.58 bits per heavy atom. The lowest BCUT2D eigenvalue weighted by molar-refractivity contribution is 0.174. The van der Waals surface area contributed by atoms with Crippen molar-refractivity contribution < 1.29 is 18.9 Å². The Hall–Kier alpha value is -3.05. The molecule has 2 aliphatic heterocycles. The van der Waals surface area contributed by atoms with E-state index in [2.05, 4.69) is 22.0 Å². The summed E-state index contributed by atoms with van der Waals surface area (Å²) in [4.78, 5) is 0. The van der Waals surface area contributed by atoms with Gasteiger partial charge in [0.05, 0.1) is 10.4 Å². The van der Waals surface area contributed by atoms with Crippen LogP contribution in [-0.4, -0.2) is 6.79 Å². The smallest absolute Gasteiger partial charge is 0.231 e. The number of hydrogen-bond acceptors (Lipinski definition) is 6. The van der Waals surface area contributed by atoms with Gasteiger partial charge in [-0.15, -0.1) is 0 Å². The molecule has 0 fully saturated rings. The predicted molar refractivity (Wildman–Crippen MR) is 127 cm³/mol. The molecule has 1 atom stereocenters. The van der Waals surface area contributed by atoms with Crippen LogP contribution in [0.2, 0.25) is 10.0 Å². The minimum absolute atomic E-state index is 0.0581. The predicted octanol–water partition coefficient (Wildman–Crippen LogP) is 6.28. The number of ether oxygens (including phenoxy) is 4. The first kappa shape index (κ1) is 21.8. The van der Waals surface area contributed by atoms with Crippen LogP contribution in [0.4, 0.5) is 0 Å². The van der Waals surface area contributed by atoms with Crippen LogP contribution < -0.4 is 24.7 Å². The number of nitrogens with two attached hydrogens (primary N) is 1. The molecule has 0 radical (unpaired) electrons. The van der Waals surface area contributed by atoms with Gasteiger partial charge in [-0.05, 0) is 51.8 Å². The summed E-state index contributed by atoms with van der Waals surface area (Å²) in [5.74, 6) is 1.94. The zero-order valence-electron chi connectivity index (χ0n) is 16.9. The molecule has 2 N–H and O–H groups in total. The van der Waals surface area contributed by atoms with Crippen LogP contribution in [0.15, 0.2) is 64.5 Å². The average molecular weight is 546 g/mol. The Morgan fingerprint density at radius 2 is 1.85 bits per heavy atom. The SMILES string of the molecule is N#CC1=C(N)Oc2cc3c(cc2[C@@H]1c1ccc(OCc2ccc(Cl)cc2Cl)c(Br)c1)OCO3. The molecule has 0 aromatic heterocycles. The minimum Gasteiger partial charge on any atom is -0.488 e. The second-order valence-electron chi connectivity index (χ2n) is 7.38. The lowest BCUT2D eigenvalue weighted by Gasteiger charge is -2.27. The van der Waals surface area contributed by atoms with Crippen molar-refractivity contribution in [3.63, 3.8) is 0 Å². The zero-order chi connectivity index (χ0) is 23.1. The van der Waals surface area contributed by atoms with Crippen molar-refractivity contribution in [2.75, 3.05) is 6.79 Å². The van der Waals surface area contributed by atoms with Gasteiger partial charge in [-0.3, -0.25) is 0 Å². The first-order valence-electron chi connectivity index (χ1n) is 9.82. The molecule has 0 unspecified atom stereocenters. The van der Waals surface area contributed by atoms with Crippen molar-refractivity contribution >= 4 is 39.1 Å². The van der Waals surface area contributed by atoms with Crippen LogP contribution in [0.3, 0.4) is 0 Å². The molecular formula is C24H15BrCl2N2O4. The van der Waals surface area contributed by atoms with Crippen molar-refractivity contribution in [2.45, 2.75) is 12.5 Å².